The molecule has 6 nitrogen and oxygen atoms in total. The molecule has 3 amide bonds. The predicted octanol–water partition coefficient (Wildman–Crippen LogP) is 3.81. The molecule has 0 aliphatic carbocycles. The van der Waals surface area contributed by atoms with Crippen molar-refractivity contribution in [2.24, 2.45) is 0 Å². The van der Waals surface area contributed by atoms with E-state index in [1.54, 1.807) is 23.1 Å². The van der Waals surface area contributed by atoms with Crippen molar-refractivity contribution in [2.45, 2.75) is 25.9 Å². The summed E-state index contributed by atoms with van der Waals surface area (Å²) in [4.78, 5) is 26.5. The molecule has 1 heterocycles. The maximum absolute atomic E-state index is 12.5. The summed E-state index contributed by atoms with van der Waals surface area (Å²) in [5, 5.41) is 9.87. The SMILES string of the molecule is Cc1ccc(CNC(=O)CC2CN(C(=O)Nc3ccc(Cl)c(Cl)c3)CCN2)cc1. The van der Waals surface area contributed by atoms with Crippen molar-refractivity contribution in [3.63, 3.8) is 0 Å². The molecule has 29 heavy (non-hydrogen) atoms. The van der Waals surface area contributed by atoms with Crippen molar-refractivity contribution >= 4 is 40.8 Å². The number of aryl methyl sites for hydroxylation is 1. The van der Waals surface area contributed by atoms with Gasteiger partial charge < -0.3 is 20.9 Å². The summed E-state index contributed by atoms with van der Waals surface area (Å²) in [6, 6.07) is 12.7. The molecule has 0 bridgehead atoms. The molecule has 0 aromatic heterocycles. The molecule has 0 saturated carbocycles. The predicted molar refractivity (Wildman–Crippen MR) is 116 cm³/mol. The molecule has 154 valence electrons. The molecule has 1 aliphatic rings. The van der Waals surface area contributed by atoms with E-state index in [1.165, 1.54) is 5.56 Å². The fourth-order valence-corrected chi connectivity index (χ4v) is 3.42. The van der Waals surface area contributed by atoms with Gasteiger partial charge in [0, 0.05) is 44.3 Å². The number of urea groups is 1. The van der Waals surface area contributed by atoms with Crippen LogP contribution in [0.25, 0.3) is 0 Å². The van der Waals surface area contributed by atoms with Crippen molar-refractivity contribution < 1.29 is 9.59 Å². The zero-order valence-electron chi connectivity index (χ0n) is 16.2. The summed E-state index contributed by atoms with van der Waals surface area (Å²) >= 11 is 11.9. The molecule has 8 heteroatoms. The lowest BCUT2D eigenvalue weighted by Crippen LogP contribution is -2.54. The maximum atomic E-state index is 12.5. The topological polar surface area (TPSA) is 73.5 Å². The average molecular weight is 435 g/mol. The monoisotopic (exact) mass is 434 g/mol. The summed E-state index contributed by atoms with van der Waals surface area (Å²) in [7, 11) is 0. The van der Waals surface area contributed by atoms with Crippen LogP contribution in [0.3, 0.4) is 0 Å². The largest absolute Gasteiger partial charge is 0.352 e. The van der Waals surface area contributed by atoms with Gasteiger partial charge in [-0.25, -0.2) is 4.79 Å². The highest BCUT2D eigenvalue weighted by molar-refractivity contribution is 6.42. The minimum absolute atomic E-state index is 0.0465. The Morgan fingerprint density at radius 1 is 1.14 bits per heavy atom. The molecule has 2 aromatic carbocycles. The molecule has 1 aliphatic heterocycles. The molecule has 1 fully saturated rings. The van der Waals surface area contributed by atoms with E-state index in [1.807, 2.05) is 31.2 Å². The molecule has 1 atom stereocenters. The Morgan fingerprint density at radius 3 is 2.62 bits per heavy atom. The number of amides is 3. The first-order valence-corrected chi connectivity index (χ1v) is 10.2. The Kier molecular flexibility index (Phi) is 7.36. The lowest BCUT2D eigenvalue weighted by atomic mass is 10.1. The van der Waals surface area contributed by atoms with Gasteiger partial charge in [-0.2, -0.15) is 0 Å². The first-order chi connectivity index (χ1) is 13.9. The number of halogens is 2. The quantitative estimate of drug-likeness (QED) is 0.669. The highest BCUT2D eigenvalue weighted by Crippen LogP contribution is 2.25. The smallest absolute Gasteiger partial charge is 0.321 e. The number of nitrogens with one attached hydrogen (secondary N) is 3. The van der Waals surface area contributed by atoms with E-state index in [4.69, 9.17) is 23.2 Å². The molecule has 0 radical (unpaired) electrons. The van der Waals surface area contributed by atoms with Gasteiger partial charge in [-0.1, -0.05) is 53.0 Å². The van der Waals surface area contributed by atoms with Crippen molar-refractivity contribution in [3.8, 4) is 0 Å². The zero-order valence-corrected chi connectivity index (χ0v) is 17.7. The number of hydrogen-bond acceptors (Lipinski definition) is 3. The number of anilines is 1. The van der Waals surface area contributed by atoms with Crippen molar-refractivity contribution in [3.05, 3.63) is 63.6 Å². The van der Waals surface area contributed by atoms with Gasteiger partial charge in [0.15, 0.2) is 0 Å². The highest BCUT2D eigenvalue weighted by atomic mass is 35.5. The van der Waals surface area contributed by atoms with Crippen LogP contribution in [0.4, 0.5) is 10.5 Å². The van der Waals surface area contributed by atoms with Crippen molar-refractivity contribution in [1.29, 1.82) is 0 Å². The number of carbonyl (C=O) groups is 2. The van der Waals surface area contributed by atoms with Gasteiger partial charge in [-0.3, -0.25) is 4.79 Å². The fourth-order valence-electron chi connectivity index (χ4n) is 3.13. The third-order valence-corrected chi connectivity index (χ3v) is 5.49. The van der Waals surface area contributed by atoms with Crippen LogP contribution >= 0.6 is 23.2 Å². The van der Waals surface area contributed by atoms with E-state index in [9.17, 15) is 9.59 Å². The highest BCUT2D eigenvalue weighted by Gasteiger charge is 2.25. The van der Waals surface area contributed by atoms with Crippen LogP contribution in [0.15, 0.2) is 42.5 Å². The lowest BCUT2D eigenvalue weighted by molar-refractivity contribution is -0.121. The second kappa shape index (κ2) is 9.96. The molecule has 3 rings (SSSR count). The van der Waals surface area contributed by atoms with Crippen molar-refractivity contribution in [1.82, 2.24) is 15.5 Å². The standard InChI is InChI=1S/C21H24Cl2N4O2/c1-14-2-4-15(5-3-14)12-25-20(28)11-17-13-27(9-8-24-17)21(29)26-16-6-7-18(22)19(23)10-16/h2-7,10,17,24H,8-9,11-13H2,1H3,(H,25,28)(H,26,29). The molecule has 3 N–H and O–H groups in total. The summed E-state index contributed by atoms with van der Waals surface area (Å²) in [5.41, 5.74) is 2.82. The van der Waals surface area contributed by atoms with Gasteiger partial charge in [0.25, 0.3) is 0 Å². The Bertz CT molecular complexity index is 873. The van der Waals surface area contributed by atoms with Crippen LogP contribution < -0.4 is 16.0 Å². The molecule has 1 saturated heterocycles. The Morgan fingerprint density at radius 2 is 1.90 bits per heavy atom. The summed E-state index contributed by atoms with van der Waals surface area (Å²) in [5.74, 6) is -0.0465. The first kappa shape index (κ1) is 21.4. The van der Waals surface area contributed by atoms with E-state index < -0.39 is 0 Å². The van der Waals surface area contributed by atoms with E-state index in [0.717, 1.165) is 5.56 Å². The van der Waals surface area contributed by atoms with Crippen LogP contribution in [0.1, 0.15) is 17.5 Å². The van der Waals surface area contributed by atoms with Gasteiger partial charge in [0.1, 0.15) is 0 Å². The van der Waals surface area contributed by atoms with E-state index in [2.05, 4.69) is 16.0 Å². The molecular formula is C21H24Cl2N4O2. The van der Waals surface area contributed by atoms with E-state index >= 15 is 0 Å². The number of piperazine rings is 1. The fraction of sp³-hybridized carbons (Fsp3) is 0.333. The summed E-state index contributed by atoms with van der Waals surface area (Å²) in [6.07, 6.45) is 0.308. The maximum Gasteiger partial charge on any atom is 0.321 e. The second-order valence-corrected chi connectivity index (χ2v) is 7.94. The lowest BCUT2D eigenvalue weighted by Gasteiger charge is -2.33. The van der Waals surface area contributed by atoms with Crippen LogP contribution in [0.2, 0.25) is 10.0 Å². The van der Waals surface area contributed by atoms with Gasteiger partial charge in [-0.05, 0) is 30.7 Å². The Balaban J connectivity index is 1.47. The third kappa shape index (κ3) is 6.35. The average Bonchev–Trinajstić information content (AvgIpc) is 2.70. The third-order valence-electron chi connectivity index (χ3n) is 4.76. The number of rotatable bonds is 5. The number of benzene rings is 2. The normalized spacial score (nSPS) is 16.4. The molecule has 0 spiro atoms. The number of nitrogens with zero attached hydrogens (tertiary/aromatic N) is 1. The van der Waals surface area contributed by atoms with Crippen LogP contribution in [-0.2, 0) is 11.3 Å². The minimum atomic E-state index is -0.227. The Labute approximate surface area is 180 Å². The minimum Gasteiger partial charge on any atom is -0.352 e. The first-order valence-electron chi connectivity index (χ1n) is 9.47. The van der Waals surface area contributed by atoms with Gasteiger partial charge in [0.05, 0.1) is 10.0 Å². The Hall–Kier alpha value is -2.28. The van der Waals surface area contributed by atoms with E-state index in [-0.39, 0.29) is 18.0 Å². The van der Waals surface area contributed by atoms with Crippen molar-refractivity contribution in [2.75, 3.05) is 25.0 Å². The molecule has 2 aromatic rings. The number of carbonyl (C=O) groups excluding carboxylic acids is 2. The second-order valence-electron chi connectivity index (χ2n) is 7.12. The summed E-state index contributed by atoms with van der Waals surface area (Å²) < 4.78 is 0. The summed E-state index contributed by atoms with van der Waals surface area (Å²) in [6.45, 7) is 4.17. The van der Waals surface area contributed by atoms with E-state index in [0.29, 0.717) is 48.3 Å². The van der Waals surface area contributed by atoms with Gasteiger partial charge in [-0.15, -0.1) is 0 Å². The molecule has 1 unspecified atom stereocenters. The number of hydrogen-bond donors (Lipinski definition) is 3. The zero-order chi connectivity index (χ0) is 20.8. The van der Waals surface area contributed by atoms with Crippen LogP contribution in [0.5, 0.6) is 0 Å². The van der Waals surface area contributed by atoms with Crippen LogP contribution in [-0.4, -0.2) is 42.5 Å². The van der Waals surface area contributed by atoms with Gasteiger partial charge in [0.2, 0.25) is 5.91 Å². The van der Waals surface area contributed by atoms with Gasteiger partial charge >= 0.3 is 6.03 Å². The molecular weight excluding hydrogens is 411 g/mol. The van der Waals surface area contributed by atoms with Crippen LogP contribution in [0, 0.1) is 6.92 Å².